The van der Waals surface area contributed by atoms with Gasteiger partial charge in [0.1, 0.15) is 18.3 Å². The second kappa shape index (κ2) is 6.75. The fraction of sp³-hybridized carbons (Fsp3) is 0.500. The predicted octanol–water partition coefficient (Wildman–Crippen LogP) is 1.13. The summed E-state index contributed by atoms with van der Waals surface area (Å²) in [6, 6.07) is 4.43. The van der Waals surface area contributed by atoms with Crippen LogP contribution in [0.4, 0.5) is 11.4 Å². The lowest BCUT2D eigenvalue weighted by atomic mass is 9.91. The van der Waals surface area contributed by atoms with E-state index in [2.05, 4.69) is 26.8 Å². The second-order valence-electron chi connectivity index (χ2n) is 6.09. The fourth-order valence-electron chi connectivity index (χ4n) is 3.04. The van der Waals surface area contributed by atoms with Gasteiger partial charge < -0.3 is 16.4 Å². The van der Waals surface area contributed by atoms with Gasteiger partial charge in [0, 0.05) is 12.1 Å². The van der Waals surface area contributed by atoms with Crippen molar-refractivity contribution in [2.24, 2.45) is 10.8 Å². The zero-order chi connectivity index (χ0) is 16.2. The quantitative estimate of drug-likeness (QED) is 0.723. The normalized spacial score (nSPS) is 26.5. The highest BCUT2D eigenvalue weighted by Crippen LogP contribution is 2.24. The molecule has 0 saturated heterocycles. The van der Waals surface area contributed by atoms with Crippen molar-refractivity contribution in [3.8, 4) is 6.07 Å². The van der Waals surface area contributed by atoms with E-state index in [0.717, 1.165) is 18.5 Å². The van der Waals surface area contributed by atoms with E-state index in [1.54, 1.807) is 17.1 Å². The maximum atomic E-state index is 9.25. The fourth-order valence-corrected chi connectivity index (χ4v) is 3.04. The molecule has 1 aliphatic carbocycles. The van der Waals surface area contributed by atoms with Gasteiger partial charge in [-0.05, 0) is 24.0 Å². The van der Waals surface area contributed by atoms with Crippen molar-refractivity contribution in [3.05, 3.63) is 18.0 Å². The third-order valence-electron chi connectivity index (χ3n) is 4.27. The highest BCUT2D eigenvalue weighted by molar-refractivity contribution is 5.91. The Morgan fingerprint density at radius 1 is 1.35 bits per heavy atom. The Kier molecular flexibility index (Phi) is 4.53. The molecule has 0 aromatic carbocycles. The third-order valence-corrected chi connectivity index (χ3v) is 4.27. The molecule has 0 spiro atoms. The van der Waals surface area contributed by atoms with Gasteiger partial charge in [-0.15, -0.1) is 0 Å². The van der Waals surface area contributed by atoms with Crippen LogP contribution in [0.5, 0.6) is 0 Å². The molecule has 0 bridgehead atoms. The van der Waals surface area contributed by atoms with Crippen LogP contribution in [0.1, 0.15) is 31.4 Å². The topological polar surface area (TPSA) is 102 Å². The molecule has 4 N–H and O–H groups in total. The average molecular weight is 312 g/mol. The van der Waals surface area contributed by atoms with E-state index in [9.17, 15) is 5.26 Å². The van der Waals surface area contributed by atoms with E-state index in [1.807, 2.05) is 19.3 Å². The lowest BCUT2D eigenvalue weighted by Crippen LogP contribution is -2.42. The standard InChI is InChI=1S/C16H22N7/c1-23-10-12(9-20-23)22-15-6-11(8-19-16(15)7-17)21-14-5-3-2-4-13(14)18/h6,8-10,12-14,21-22H,2-5,18H2,1H3/q+1/t12?,13-,14+/m0/s1. The lowest BCUT2D eigenvalue weighted by Gasteiger charge is -2.30. The van der Waals surface area contributed by atoms with Gasteiger partial charge >= 0.3 is 0 Å². The Morgan fingerprint density at radius 3 is 2.87 bits per heavy atom. The maximum absolute atomic E-state index is 9.25. The molecule has 2 heterocycles. The van der Waals surface area contributed by atoms with Crippen LogP contribution in [-0.4, -0.2) is 47.3 Å². The molecule has 7 heteroatoms. The van der Waals surface area contributed by atoms with Crippen LogP contribution >= 0.6 is 0 Å². The van der Waals surface area contributed by atoms with Gasteiger partial charge in [0.25, 0.3) is 0 Å². The molecule has 2 aliphatic rings. The summed E-state index contributed by atoms with van der Waals surface area (Å²) in [4.78, 5) is 4.25. The summed E-state index contributed by atoms with van der Waals surface area (Å²) >= 11 is 0. The van der Waals surface area contributed by atoms with Gasteiger partial charge in [-0.2, -0.15) is 5.26 Å². The number of nitrogens with one attached hydrogen (secondary N) is 2. The van der Waals surface area contributed by atoms with Crippen molar-refractivity contribution in [2.45, 2.75) is 43.8 Å². The number of hydrogen-bond donors (Lipinski definition) is 3. The first kappa shape index (κ1) is 15.4. The first-order valence-corrected chi connectivity index (χ1v) is 7.96. The third kappa shape index (κ3) is 3.66. The molecule has 1 saturated carbocycles. The van der Waals surface area contributed by atoms with Crippen molar-refractivity contribution in [1.82, 2.24) is 4.98 Å². The van der Waals surface area contributed by atoms with Crippen molar-refractivity contribution >= 4 is 23.8 Å². The first-order valence-electron chi connectivity index (χ1n) is 7.96. The Bertz CT molecular complexity index is 673. The van der Waals surface area contributed by atoms with Gasteiger partial charge in [-0.3, -0.25) is 0 Å². The van der Waals surface area contributed by atoms with Crippen molar-refractivity contribution < 1.29 is 4.68 Å². The van der Waals surface area contributed by atoms with E-state index in [-0.39, 0.29) is 18.1 Å². The number of hydrogen-bond acceptors (Lipinski definition) is 6. The summed E-state index contributed by atoms with van der Waals surface area (Å²) < 4.78 is 1.74. The van der Waals surface area contributed by atoms with Gasteiger partial charge in [0.2, 0.25) is 0 Å². The lowest BCUT2D eigenvalue weighted by molar-refractivity contribution is -0.494. The Labute approximate surface area is 135 Å². The van der Waals surface area contributed by atoms with Gasteiger partial charge in [0.15, 0.2) is 19.0 Å². The highest BCUT2D eigenvalue weighted by atomic mass is 15.4. The monoisotopic (exact) mass is 312 g/mol. The molecule has 1 aromatic heterocycles. The number of nitrogens with zero attached hydrogens (tertiary/aromatic N) is 4. The van der Waals surface area contributed by atoms with Crippen LogP contribution < -0.4 is 16.4 Å². The highest BCUT2D eigenvalue weighted by Gasteiger charge is 2.22. The van der Waals surface area contributed by atoms with Gasteiger partial charge in [0.05, 0.1) is 17.6 Å². The molecule has 0 amide bonds. The Hall–Kier alpha value is -2.46. The summed E-state index contributed by atoms with van der Waals surface area (Å²) in [5.74, 6) is 0. The molecule has 7 nitrogen and oxygen atoms in total. The number of nitrogens with two attached hydrogens (primary N) is 1. The molecular formula is C16H22N7+. The van der Waals surface area contributed by atoms with Crippen molar-refractivity contribution in [1.29, 1.82) is 5.26 Å². The van der Waals surface area contributed by atoms with Crippen molar-refractivity contribution in [2.75, 3.05) is 17.7 Å². The number of aromatic nitrogens is 1. The van der Waals surface area contributed by atoms with Crippen LogP contribution in [0.3, 0.4) is 0 Å². The molecule has 0 radical (unpaired) electrons. The summed E-state index contributed by atoms with van der Waals surface area (Å²) in [6.07, 6.45) is 9.92. The summed E-state index contributed by atoms with van der Waals surface area (Å²) in [6.45, 7) is 0. The molecule has 23 heavy (non-hydrogen) atoms. The molecule has 1 fully saturated rings. The maximum Gasteiger partial charge on any atom is 0.200 e. The van der Waals surface area contributed by atoms with Crippen LogP contribution in [0.25, 0.3) is 0 Å². The van der Waals surface area contributed by atoms with E-state index < -0.39 is 0 Å². The molecule has 1 aliphatic heterocycles. The largest absolute Gasteiger partial charge is 0.379 e. The average Bonchev–Trinajstić information content (AvgIpc) is 2.95. The van der Waals surface area contributed by atoms with Crippen LogP contribution in [0, 0.1) is 11.3 Å². The number of hydrazone groups is 1. The summed E-state index contributed by atoms with van der Waals surface area (Å²) in [7, 11) is 1.87. The molecule has 120 valence electrons. The number of anilines is 2. The number of rotatable bonds is 4. The minimum absolute atomic E-state index is 0.0407. The van der Waals surface area contributed by atoms with Gasteiger partial charge in [-0.1, -0.05) is 17.5 Å². The molecule has 1 unspecified atom stereocenters. The Balaban J connectivity index is 1.76. The minimum Gasteiger partial charge on any atom is -0.379 e. The first-order chi connectivity index (χ1) is 11.2. The molecule has 3 atom stereocenters. The van der Waals surface area contributed by atoms with Crippen molar-refractivity contribution in [3.63, 3.8) is 0 Å². The molecular weight excluding hydrogens is 290 g/mol. The van der Waals surface area contributed by atoms with Crippen LogP contribution in [0.2, 0.25) is 0 Å². The number of pyridine rings is 1. The summed E-state index contributed by atoms with van der Waals surface area (Å²) in [5.41, 5.74) is 8.15. The SMILES string of the molecule is C[N+]1=CC(Nc2cc(N[C@@H]3CCCC[C@@H]3N)cnc2C#N)C=N1. The van der Waals surface area contributed by atoms with E-state index in [4.69, 9.17) is 5.73 Å². The predicted molar refractivity (Wildman–Crippen MR) is 91.0 cm³/mol. The number of nitriles is 1. The minimum atomic E-state index is -0.0407. The Morgan fingerprint density at radius 2 is 2.17 bits per heavy atom. The van der Waals surface area contributed by atoms with E-state index in [0.29, 0.717) is 11.4 Å². The van der Waals surface area contributed by atoms with Gasteiger partial charge in [-0.25, -0.2) is 4.98 Å². The van der Waals surface area contributed by atoms with E-state index >= 15 is 0 Å². The zero-order valence-corrected chi connectivity index (χ0v) is 13.2. The van der Waals surface area contributed by atoms with Crippen LogP contribution in [0.15, 0.2) is 17.4 Å². The molecule has 3 rings (SSSR count). The van der Waals surface area contributed by atoms with E-state index in [1.165, 1.54) is 12.8 Å². The second-order valence-corrected chi connectivity index (χ2v) is 6.09. The molecule has 1 aromatic rings. The smallest absolute Gasteiger partial charge is 0.200 e. The summed E-state index contributed by atoms with van der Waals surface area (Å²) in [5, 5.41) is 20.1. The van der Waals surface area contributed by atoms with Crippen LogP contribution in [-0.2, 0) is 0 Å². The zero-order valence-electron chi connectivity index (χ0n) is 13.2.